The Hall–Kier alpha value is -0.120. The zero-order chi connectivity index (χ0) is 12.1. The maximum absolute atomic E-state index is 9.24. The lowest BCUT2D eigenvalue weighted by atomic mass is 9.97. The molecule has 3 nitrogen and oxygen atoms in total. The van der Waals surface area contributed by atoms with E-state index < -0.39 is 0 Å². The van der Waals surface area contributed by atoms with Crippen LogP contribution in [0.4, 0.5) is 0 Å². The van der Waals surface area contributed by atoms with E-state index in [1.165, 1.54) is 45.1 Å². The quantitative estimate of drug-likeness (QED) is 0.740. The molecule has 100 valence electrons. The van der Waals surface area contributed by atoms with Gasteiger partial charge in [-0.2, -0.15) is 0 Å². The first-order valence-corrected chi connectivity index (χ1v) is 7.39. The average Bonchev–Trinajstić information content (AvgIpc) is 3.00. The molecule has 2 unspecified atom stereocenters. The van der Waals surface area contributed by atoms with Gasteiger partial charge in [-0.15, -0.1) is 0 Å². The van der Waals surface area contributed by atoms with Crippen LogP contribution in [-0.4, -0.2) is 48.3 Å². The average molecular weight is 240 g/mol. The van der Waals surface area contributed by atoms with Gasteiger partial charge < -0.3 is 10.4 Å². The minimum absolute atomic E-state index is 0.295. The molecule has 2 fully saturated rings. The van der Waals surface area contributed by atoms with Gasteiger partial charge in [0.2, 0.25) is 0 Å². The van der Waals surface area contributed by atoms with Crippen LogP contribution in [0.3, 0.4) is 0 Å². The van der Waals surface area contributed by atoms with Gasteiger partial charge in [0.25, 0.3) is 0 Å². The van der Waals surface area contributed by atoms with Gasteiger partial charge in [0.15, 0.2) is 0 Å². The van der Waals surface area contributed by atoms with Gasteiger partial charge in [-0.05, 0) is 45.1 Å². The fourth-order valence-corrected chi connectivity index (χ4v) is 3.52. The first-order chi connectivity index (χ1) is 8.31. The summed E-state index contributed by atoms with van der Waals surface area (Å²) in [5, 5.41) is 12.8. The highest BCUT2D eigenvalue weighted by atomic mass is 16.3. The Balaban J connectivity index is 1.85. The smallest absolute Gasteiger partial charge is 0.0558 e. The van der Waals surface area contributed by atoms with E-state index in [1.807, 2.05) is 0 Å². The minimum Gasteiger partial charge on any atom is -0.395 e. The molecule has 2 aliphatic rings. The van der Waals surface area contributed by atoms with Crippen LogP contribution in [0.25, 0.3) is 0 Å². The largest absolute Gasteiger partial charge is 0.395 e. The standard InChI is InChI=1S/C14H28N2O/c1-12(13-5-2-3-6-13)16(9-10-17)11-14-7-4-8-15-14/h12-15,17H,2-11H2,1H3. The van der Waals surface area contributed by atoms with Crippen molar-refractivity contribution < 1.29 is 5.11 Å². The third-order valence-electron chi connectivity index (χ3n) is 4.66. The van der Waals surface area contributed by atoms with Gasteiger partial charge in [0, 0.05) is 25.2 Å². The number of nitrogens with zero attached hydrogens (tertiary/aromatic N) is 1. The summed E-state index contributed by atoms with van der Waals surface area (Å²) in [5.41, 5.74) is 0. The van der Waals surface area contributed by atoms with Crippen molar-refractivity contribution >= 4 is 0 Å². The van der Waals surface area contributed by atoms with Crippen molar-refractivity contribution in [2.45, 2.75) is 57.5 Å². The highest BCUT2D eigenvalue weighted by Gasteiger charge is 2.28. The Morgan fingerprint density at radius 1 is 1.24 bits per heavy atom. The van der Waals surface area contributed by atoms with E-state index in [0.717, 1.165) is 19.0 Å². The van der Waals surface area contributed by atoms with E-state index in [1.54, 1.807) is 0 Å². The number of hydrogen-bond acceptors (Lipinski definition) is 3. The summed E-state index contributed by atoms with van der Waals surface area (Å²) in [6.07, 6.45) is 8.21. The van der Waals surface area contributed by atoms with E-state index in [2.05, 4.69) is 17.1 Å². The highest BCUT2D eigenvalue weighted by Crippen LogP contribution is 2.30. The molecule has 2 rings (SSSR count). The summed E-state index contributed by atoms with van der Waals surface area (Å²) in [7, 11) is 0. The van der Waals surface area contributed by atoms with E-state index in [4.69, 9.17) is 0 Å². The zero-order valence-corrected chi connectivity index (χ0v) is 11.2. The van der Waals surface area contributed by atoms with Crippen molar-refractivity contribution in [2.24, 2.45) is 5.92 Å². The second kappa shape index (κ2) is 6.72. The first kappa shape index (κ1) is 13.3. The molecule has 17 heavy (non-hydrogen) atoms. The molecule has 1 heterocycles. The first-order valence-electron chi connectivity index (χ1n) is 7.39. The van der Waals surface area contributed by atoms with Crippen LogP contribution in [0, 0.1) is 5.92 Å². The van der Waals surface area contributed by atoms with Crippen LogP contribution in [0.2, 0.25) is 0 Å². The molecule has 0 spiro atoms. The zero-order valence-electron chi connectivity index (χ0n) is 11.2. The molecule has 0 radical (unpaired) electrons. The Morgan fingerprint density at radius 2 is 2.00 bits per heavy atom. The molecule has 1 aliphatic carbocycles. The molecule has 1 saturated carbocycles. The van der Waals surface area contributed by atoms with Crippen LogP contribution in [0.15, 0.2) is 0 Å². The number of rotatable bonds is 6. The molecule has 0 amide bonds. The van der Waals surface area contributed by atoms with Crippen molar-refractivity contribution in [3.8, 4) is 0 Å². The molecule has 0 aromatic heterocycles. The fourth-order valence-electron chi connectivity index (χ4n) is 3.52. The summed E-state index contributed by atoms with van der Waals surface area (Å²) >= 11 is 0. The monoisotopic (exact) mass is 240 g/mol. The minimum atomic E-state index is 0.295. The number of nitrogens with one attached hydrogen (secondary N) is 1. The lowest BCUT2D eigenvalue weighted by molar-refractivity contribution is 0.114. The van der Waals surface area contributed by atoms with Gasteiger partial charge in [-0.25, -0.2) is 0 Å². The Kier molecular flexibility index (Phi) is 5.26. The van der Waals surface area contributed by atoms with Gasteiger partial charge in [-0.1, -0.05) is 12.8 Å². The molecular weight excluding hydrogens is 212 g/mol. The lowest BCUT2D eigenvalue weighted by Gasteiger charge is -2.34. The van der Waals surface area contributed by atoms with E-state index in [9.17, 15) is 5.11 Å². The summed E-state index contributed by atoms with van der Waals surface area (Å²) < 4.78 is 0. The van der Waals surface area contributed by atoms with Crippen LogP contribution in [0.1, 0.15) is 45.4 Å². The summed E-state index contributed by atoms with van der Waals surface area (Å²) in [6.45, 7) is 5.80. The van der Waals surface area contributed by atoms with Gasteiger partial charge in [0.1, 0.15) is 0 Å². The lowest BCUT2D eigenvalue weighted by Crippen LogP contribution is -2.46. The Labute approximate surface area is 106 Å². The van der Waals surface area contributed by atoms with Crippen LogP contribution < -0.4 is 5.32 Å². The van der Waals surface area contributed by atoms with E-state index in [0.29, 0.717) is 18.7 Å². The number of hydrogen-bond donors (Lipinski definition) is 2. The predicted octanol–water partition coefficient (Wildman–Crippen LogP) is 1.61. The number of aliphatic hydroxyl groups excluding tert-OH is 1. The van der Waals surface area contributed by atoms with E-state index in [-0.39, 0.29) is 0 Å². The van der Waals surface area contributed by atoms with Gasteiger partial charge in [-0.3, -0.25) is 4.90 Å². The van der Waals surface area contributed by atoms with E-state index >= 15 is 0 Å². The molecule has 2 atom stereocenters. The van der Waals surface area contributed by atoms with Crippen molar-refractivity contribution in [2.75, 3.05) is 26.2 Å². The van der Waals surface area contributed by atoms with Crippen LogP contribution in [-0.2, 0) is 0 Å². The maximum Gasteiger partial charge on any atom is 0.0558 e. The SMILES string of the molecule is CC(C1CCCC1)N(CCO)CC1CCCN1. The topological polar surface area (TPSA) is 35.5 Å². The van der Waals surface area contributed by atoms with Crippen LogP contribution >= 0.6 is 0 Å². The van der Waals surface area contributed by atoms with Crippen molar-refractivity contribution in [1.82, 2.24) is 10.2 Å². The van der Waals surface area contributed by atoms with Crippen molar-refractivity contribution in [3.63, 3.8) is 0 Å². The Bertz CT molecular complexity index is 210. The third kappa shape index (κ3) is 3.67. The molecule has 2 N–H and O–H groups in total. The van der Waals surface area contributed by atoms with Gasteiger partial charge in [0.05, 0.1) is 6.61 Å². The summed E-state index contributed by atoms with van der Waals surface area (Å²) in [5.74, 6) is 0.864. The van der Waals surface area contributed by atoms with Crippen LogP contribution in [0.5, 0.6) is 0 Å². The van der Waals surface area contributed by atoms with Crippen molar-refractivity contribution in [3.05, 3.63) is 0 Å². The number of aliphatic hydroxyl groups is 1. The third-order valence-corrected chi connectivity index (χ3v) is 4.66. The molecule has 1 aliphatic heterocycles. The predicted molar refractivity (Wildman–Crippen MR) is 71.1 cm³/mol. The normalized spacial score (nSPS) is 28.1. The molecule has 1 saturated heterocycles. The highest BCUT2D eigenvalue weighted by molar-refractivity contribution is 4.84. The summed E-state index contributed by atoms with van der Waals surface area (Å²) in [6, 6.07) is 1.30. The molecule has 0 bridgehead atoms. The maximum atomic E-state index is 9.24. The fraction of sp³-hybridized carbons (Fsp3) is 1.00. The van der Waals surface area contributed by atoms with Gasteiger partial charge >= 0.3 is 0 Å². The second-order valence-electron chi connectivity index (χ2n) is 5.80. The molecule has 0 aromatic carbocycles. The van der Waals surface area contributed by atoms with Crippen molar-refractivity contribution in [1.29, 1.82) is 0 Å². The summed E-state index contributed by atoms with van der Waals surface area (Å²) in [4.78, 5) is 2.51. The molecule has 0 aromatic rings. The molecular formula is C14H28N2O. The molecule has 3 heteroatoms. The Morgan fingerprint density at radius 3 is 2.59 bits per heavy atom. The second-order valence-corrected chi connectivity index (χ2v) is 5.80.